The molecule has 0 unspecified atom stereocenters. The number of carbonyl (C=O) groups is 1. The van der Waals surface area contributed by atoms with Crippen molar-refractivity contribution in [1.29, 1.82) is 0 Å². The van der Waals surface area contributed by atoms with E-state index >= 15 is 0 Å². The van der Waals surface area contributed by atoms with Gasteiger partial charge in [0.1, 0.15) is 5.01 Å². The van der Waals surface area contributed by atoms with Gasteiger partial charge in [-0.3, -0.25) is 4.79 Å². The molecule has 0 aliphatic heterocycles. The summed E-state index contributed by atoms with van der Waals surface area (Å²) in [7, 11) is -3.82. The van der Waals surface area contributed by atoms with Gasteiger partial charge in [-0.2, -0.15) is 4.31 Å². The molecule has 1 aromatic heterocycles. The molecule has 9 heteroatoms. The largest absolute Gasteiger partial charge is 0.481 e. The molecular formula is C27H25ClN2O4S2. The number of thiazole rings is 1. The number of benzene rings is 3. The average Bonchev–Trinajstić information content (AvgIpc) is 3.40. The Bertz CT molecular complexity index is 1410. The quantitative estimate of drug-likeness (QED) is 0.242. The summed E-state index contributed by atoms with van der Waals surface area (Å²) in [6.45, 7) is 0.359. The smallest absolute Gasteiger partial charge is 0.303 e. The first kappa shape index (κ1) is 26.0. The van der Waals surface area contributed by atoms with Crippen molar-refractivity contribution in [2.45, 2.75) is 37.2 Å². The second-order valence-electron chi connectivity index (χ2n) is 8.33. The van der Waals surface area contributed by atoms with Crippen molar-refractivity contribution in [2.75, 3.05) is 0 Å². The van der Waals surface area contributed by atoms with Gasteiger partial charge in [-0.05, 0) is 53.8 Å². The van der Waals surface area contributed by atoms with Crippen LogP contribution in [0.5, 0.6) is 0 Å². The minimum Gasteiger partial charge on any atom is -0.481 e. The van der Waals surface area contributed by atoms with Crippen LogP contribution in [0.2, 0.25) is 5.02 Å². The summed E-state index contributed by atoms with van der Waals surface area (Å²) in [5.41, 5.74) is 3.64. The van der Waals surface area contributed by atoms with E-state index in [9.17, 15) is 13.2 Å². The molecule has 4 rings (SSSR count). The maximum atomic E-state index is 13.6. The zero-order valence-electron chi connectivity index (χ0n) is 19.4. The Morgan fingerprint density at radius 3 is 2.31 bits per heavy atom. The predicted molar refractivity (Wildman–Crippen MR) is 142 cm³/mol. The molecule has 0 saturated heterocycles. The first-order valence-electron chi connectivity index (χ1n) is 11.4. The van der Waals surface area contributed by atoms with Gasteiger partial charge in [0.25, 0.3) is 0 Å². The third kappa shape index (κ3) is 6.79. The Kier molecular flexibility index (Phi) is 8.53. The third-order valence-corrected chi connectivity index (χ3v) is 8.53. The fourth-order valence-electron chi connectivity index (χ4n) is 3.83. The number of nitrogens with zero attached hydrogens (tertiary/aromatic N) is 2. The van der Waals surface area contributed by atoms with E-state index in [1.165, 1.54) is 16.4 Å². The third-order valence-electron chi connectivity index (χ3n) is 5.65. The number of carboxylic acid groups (broad SMARTS) is 1. The second kappa shape index (κ2) is 11.8. The monoisotopic (exact) mass is 540 g/mol. The molecule has 0 bridgehead atoms. The van der Waals surface area contributed by atoms with Gasteiger partial charge < -0.3 is 5.11 Å². The van der Waals surface area contributed by atoms with Gasteiger partial charge >= 0.3 is 5.97 Å². The second-order valence-corrected chi connectivity index (χ2v) is 11.6. The molecule has 0 atom stereocenters. The van der Waals surface area contributed by atoms with Crippen molar-refractivity contribution in [1.82, 2.24) is 9.29 Å². The van der Waals surface area contributed by atoms with Crippen LogP contribution in [0.4, 0.5) is 0 Å². The van der Waals surface area contributed by atoms with Crippen LogP contribution in [-0.2, 0) is 34.3 Å². The van der Waals surface area contributed by atoms with Gasteiger partial charge in [0.2, 0.25) is 10.0 Å². The van der Waals surface area contributed by atoms with Crippen LogP contribution in [0.25, 0.3) is 10.6 Å². The summed E-state index contributed by atoms with van der Waals surface area (Å²) in [5, 5.41) is 12.2. The van der Waals surface area contributed by atoms with Gasteiger partial charge in [0.05, 0.1) is 4.90 Å². The van der Waals surface area contributed by atoms with E-state index < -0.39 is 16.0 Å². The number of halogens is 1. The lowest BCUT2D eigenvalue weighted by atomic mass is 10.1. The highest BCUT2D eigenvalue weighted by Gasteiger charge is 2.25. The van der Waals surface area contributed by atoms with Crippen molar-refractivity contribution in [3.63, 3.8) is 0 Å². The molecule has 4 aromatic rings. The number of carboxylic acids is 1. The van der Waals surface area contributed by atoms with Gasteiger partial charge in [0, 0.05) is 41.7 Å². The van der Waals surface area contributed by atoms with E-state index in [1.807, 2.05) is 53.9 Å². The first-order valence-corrected chi connectivity index (χ1v) is 14.1. The van der Waals surface area contributed by atoms with Crippen molar-refractivity contribution >= 4 is 38.9 Å². The molecule has 1 N–H and O–H groups in total. The van der Waals surface area contributed by atoms with Gasteiger partial charge in [0.15, 0.2) is 0 Å². The highest BCUT2D eigenvalue weighted by Crippen LogP contribution is 2.26. The zero-order chi connectivity index (χ0) is 25.5. The first-order chi connectivity index (χ1) is 17.3. The van der Waals surface area contributed by atoms with Crippen molar-refractivity contribution in [3.05, 3.63) is 106 Å². The number of aliphatic carboxylic acids is 1. The SMILES string of the molecule is O=C(O)CCCc1cccc(CN(Cc2ccc(-c3nccs3)cc2)S(=O)(=O)c2ccc(Cl)cc2)c1. The summed E-state index contributed by atoms with van der Waals surface area (Å²) in [6, 6.07) is 21.5. The van der Waals surface area contributed by atoms with Crippen LogP contribution in [0, 0.1) is 0 Å². The maximum absolute atomic E-state index is 13.6. The Hall–Kier alpha value is -3.04. The molecule has 0 aliphatic carbocycles. The summed E-state index contributed by atoms with van der Waals surface area (Å²) in [4.78, 5) is 15.3. The minimum atomic E-state index is -3.82. The van der Waals surface area contributed by atoms with E-state index in [0.29, 0.717) is 17.9 Å². The number of rotatable bonds is 11. The molecule has 1 heterocycles. The zero-order valence-corrected chi connectivity index (χ0v) is 21.8. The highest BCUT2D eigenvalue weighted by atomic mass is 35.5. The molecule has 0 aliphatic rings. The van der Waals surface area contributed by atoms with Crippen molar-refractivity contribution in [2.24, 2.45) is 0 Å². The van der Waals surface area contributed by atoms with E-state index in [0.717, 1.165) is 27.3 Å². The topological polar surface area (TPSA) is 87.6 Å². The van der Waals surface area contributed by atoms with Crippen molar-refractivity contribution < 1.29 is 18.3 Å². The molecule has 186 valence electrons. The fourth-order valence-corrected chi connectivity index (χ4v) is 6.02. The molecule has 3 aromatic carbocycles. The van der Waals surface area contributed by atoms with Crippen LogP contribution in [-0.4, -0.2) is 28.8 Å². The minimum absolute atomic E-state index is 0.0955. The van der Waals surface area contributed by atoms with E-state index in [-0.39, 0.29) is 24.4 Å². The summed E-state index contributed by atoms with van der Waals surface area (Å²) in [5.74, 6) is -0.827. The molecule has 36 heavy (non-hydrogen) atoms. The van der Waals surface area contributed by atoms with Crippen LogP contribution in [0.15, 0.2) is 89.3 Å². The number of aromatic nitrogens is 1. The van der Waals surface area contributed by atoms with E-state index in [2.05, 4.69) is 4.98 Å². The van der Waals surface area contributed by atoms with Crippen LogP contribution in [0.3, 0.4) is 0 Å². The standard InChI is InChI=1S/C27H25ClN2O4S2/c28-24-11-13-25(14-12-24)36(33,34)30(18-21-7-9-23(10-8-21)27-29-15-16-35-27)19-22-5-1-3-20(17-22)4-2-6-26(31)32/h1,3,5,7-17H,2,4,6,18-19H2,(H,31,32). The lowest BCUT2D eigenvalue weighted by Crippen LogP contribution is -2.30. The Morgan fingerprint density at radius 1 is 0.944 bits per heavy atom. The summed E-state index contributed by atoms with van der Waals surface area (Å²) < 4.78 is 28.7. The van der Waals surface area contributed by atoms with Crippen LogP contribution >= 0.6 is 22.9 Å². The van der Waals surface area contributed by atoms with E-state index in [4.69, 9.17) is 16.7 Å². The Balaban J connectivity index is 1.60. The molecule has 0 spiro atoms. The lowest BCUT2D eigenvalue weighted by Gasteiger charge is -2.23. The molecule has 0 saturated carbocycles. The predicted octanol–water partition coefficient (Wildman–Crippen LogP) is 6.26. The van der Waals surface area contributed by atoms with Gasteiger partial charge in [-0.1, -0.05) is 60.1 Å². The molecule has 0 fully saturated rings. The number of hydrogen-bond donors (Lipinski definition) is 1. The molecule has 0 amide bonds. The van der Waals surface area contributed by atoms with Gasteiger partial charge in [-0.15, -0.1) is 11.3 Å². The number of hydrogen-bond acceptors (Lipinski definition) is 5. The molecule has 0 radical (unpaired) electrons. The normalized spacial score (nSPS) is 11.6. The van der Waals surface area contributed by atoms with Crippen LogP contribution in [0.1, 0.15) is 29.5 Å². The lowest BCUT2D eigenvalue weighted by molar-refractivity contribution is -0.137. The highest BCUT2D eigenvalue weighted by molar-refractivity contribution is 7.89. The van der Waals surface area contributed by atoms with Gasteiger partial charge in [-0.25, -0.2) is 13.4 Å². The average molecular weight is 541 g/mol. The van der Waals surface area contributed by atoms with E-state index in [1.54, 1.807) is 29.7 Å². The van der Waals surface area contributed by atoms with Crippen molar-refractivity contribution in [3.8, 4) is 10.6 Å². The Morgan fingerprint density at radius 2 is 1.64 bits per heavy atom. The fraction of sp³-hybridized carbons (Fsp3) is 0.185. The molecule has 6 nitrogen and oxygen atoms in total. The van der Waals surface area contributed by atoms with Crippen LogP contribution < -0.4 is 0 Å². The Labute approximate surface area is 219 Å². The maximum Gasteiger partial charge on any atom is 0.303 e. The number of aryl methyl sites for hydroxylation is 1. The molecular weight excluding hydrogens is 516 g/mol. The summed E-state index contributed by atoms with van der Waals surface area (Å²) >= 11 is 7.53. The summed E-state index contributed by atoms with van der Waals surface area (Å²) in [6.07, 6.45) is 2.99. The number of sulfonamides is 1.